The van der Waals surface area contributed by atoms with Crippen molar-refractivity contribution in [2.45, 2.75) is 19.4 Å². The first kappa shape index (κ1) is 9.04. The van der Waals surface area contributed by atoms with Crippen LogP contribution in [0.4, 0.5) is 0 Å². The van der Waals surface area contributed by atoms with Crippen LogP contribution in [0, 0.1) is 5.92 Å². The van der Waals surface area contributed by atoms with Gasteiger partial charge in [0.05, 0.1) is 5.54 Å². The summed E-state index contributed by atoms with van der Waals surface area (Å²) in [5.74, 6) is 0.633. The van der Waals surface area contributed by atoms with Crippen molar-refractivity contribution in [3.05, 3.63) is 34.9 Å². The Balaban J connectivity index is 2.31. The van der Waals surface area contributed by atoms with E-state index < -0.39 is 0 Å². The summed E-state index contributed by atoms with van der Waals surface area (Å²) in [4.78, 5) is 0. The zero-order valence-electron chi connectivity index (χ0n) is 7.97. The van der Waals surface area contributed by atoms with E-state index in [1.54, 1.807) is 0 Å². The standard InChI is InChI=1S/C11H14ClN/c1-8(2)11(7-13-11)9-3-5-10(12)6-4-9/h3-6,8,13H,7H2,1-2H3/t11-/m0/s1. The third-order valence-corrected chi connectivity index (χ3v) is 3.15. The monoisotopic (exact) mass is 195 g/mol. The number of benzene rings is 1. The topological polar surface area (TPSA) is 21.9 Å². The molecule has 1 aromatic carbocycles. The van der Waals surface area contributed by atoms with Crippen molar-refractivity contribution in [1.82, 2.24) is 5.32 Å². The molecule has 1 aromatic rings. The molecule has 1 nitrogen and oxygen atoms in total. The SMILES string of the molecule is CC(C)[C@]1(c2ccc(Cl)cc2)CN1. The summed E-state index contributed by atoms with van der Waals surface area (Å²) in [6.45, 7) is 5.58. The van der Waals surface area contributed by atoms with Crippen LogP contribution >= 0.6 is 11.6 Å². The van der Waals surface area contributed by atoms with Crippen LogP contribution in [0.15, 0.2) is 24.3 Å². The molecule has 70 valence electrons. The zero-order chi connectivity index (χ0) is 9.47. The highest BCUT2D eigenvalue weighted by molar-refractivity contribution is 6.30. The minimum Gasteiger partial charge on any atom is -0.304 e. The zero-order valence-corrected chi connectivity index (χ0v) is 8.73. The molecule has 1 fully saturated rings. The van der Waals surface area contributed by atoms with Crippen molar-refractivity contribution in [3.63, 3.8) is 0 Å². The van der Waals surface area contributed by atoms with Crippen molar-refractivity contribution in [1.29, 1.82) is 0 Å². The Bertz CT molecular complexity index is 298. The smallest absolute Gasteiger partial charge is 0.0585 e. The quantitative estimate of drug-likeness (QED) is 0.721. The van der Waals surface area contributed by atoms with Gasteiger partial charge in [-0.05, 0) is 23.6 Å². The number of halogens is 1. The Morgan fingerprint density at radius 3 is 2.23 bits per heavy atom. The summed E-state index contributed by atoms with van der Waals surface area (Å²) in [5, 5.41) is 4.25. The average molecular weight is 196 g/mol. The molecule has 1 saturated heterocycles. The van der Waals surface area contributed by atoms with Crippen LogP contribution < -0.4 is 5.32 Å². The third-order valence-electron chi connectivity index (χ3n) is 2.90. The van der Waals surface area contributed by atoms with Gasteiger partial charge in [0.1, 0.15) is 0 Å². The molecular formula is C11H14ClN. The fourth-order valence-corrected chi connectivity index (χ4v) is 1.91. The second-order valence-corrected chi connectivity index (χ2v) is 4.42. The van der Waals surface area contributed by atoms with E-state index in [1.165, 1.54) is 5.56 Å². The Morgan fingerprint density at radius 1 is 1.31 bits per heavy atom. The van der Waals surface area contributed by atoms with Crippen molar-refractivity contribution < 1.29 is 0 Å². The molecule has 0 amide bonds. The number of nitrogens with one attached hydrogen (secondary N) is 1. The molecular weight excluding hydrogens is 182 g/mol. The summed E-state index contributed by atoms with van der Waals surface area (Å²) < 4.78 is 0. The van der Waals surface area contributed by atoms with Crippen LogP contribution in [0.2, 0.25) is 5.02 Å². The molecule has 1 atom stereocenters. The summed E-state index contributed by atoms with van der Waals surface area (Å²) >= 11 is 5.84. The summed E-state index contributed by atoms with van der Waals surface area (Å²) in [7, 11) is 0. The summed E-state index contributed by atoms with van der Waals surface area (Å²) in [5.41, 5.74) is 1.58. The molecule has 0 spiro atoms. The lowest BCUT2D eigenvalue weighted by Crippen LogP contribution is -2.20. The molecule has 1 N–H and O–H groups in total. The van der Waals surface area contributed by atoms with Gasteiger partial charge in [-0.25, -0.2) is 0 Å². The first-order valence-electron chi connectivity index (χ1n) is 4.66. The molecule has 0 unspecified atom stereocenters. The second kappa shape index (κ2) is 3.00. The van der Waals surface area contributed by atoms with E-state index in [1.807, 2.05) is 12.1 Å². The molecule has 0 radical (unpaired) electrons. The Hall–Kier alpha value is -0.530. The normalized spacial score (nSPS) is 26.5. The van der Waals surface area contributed by atoms with Gasteiger partial charge in [-0.2, -0.15) is 0 Å². The lowest BCUT2D eigenvalue weighted by molar-refractivity contribution is 0.472. The van der Waals surface area contributed by atoms with E-state index in [-0.39, 0.29) is 5.54 Å². The van der Waals surface area contributed by atoms with Crippen LogP contribution in [-0.4, -0.2) is 6.54 Å². The number of hydrogen-bond donors (Lipinski definition) is 1. The average Bonchev–Trinajstić information content (AvgIpc) is 2.86. The van der Waals surface area contributed by atoms with Crippen molar-refractivity contribution in [2.24, 2.45) is 5.92 Å². The molecule has 0 aliphatic carbocycles. The van der Waals surface area contributed by atoms with E-state index in [9.17, 15) is 0 Å². The van der Waals surface area contributed by atoms with Crippen molar-refractivity contribution in [2.75, 3.05) is 6.54 Å². The molecule has 13 heavy (non-hydrogen) atoms. The van der Waals surface area contributed by atoms with Gasteiger partial charge in [0.25, 0.3) is 0 Å². The van der Waals surface area contributed by atoms with Crippen LogP contribution in [0.5, 0.6) is 0 Å². The highest BCUT2D eigenvalue weighted by atomic mass is 35.5. The summed E-state index contributed by atoms with van der Waals surface area (Å²) in [6.07, 6.45) is 0. The van der Waals surface area contributed by atoms with Gasteiger partial charge in [-0.15, -0.1) is 0 Å². The molecule has 0 bridgehead atoms. The maximum absolute atomic E-state index is 5.84. The molecule has 0 saturated carbocycles. The Kier molecular flexibility index (Phi) is 2.09. The van der Waals surface area contributed by atoms with Crippen LogP contribution in [0.3, 0.4) is 0 Å². The maximum atomic E-state index is 5.84. The van der Waals surface area contributed by atoms with E-state index in [4.69, 9.17) is 11.6 Å². The van der Waals surface area contributed by atoms with E-state index >= 15 is 0 Å². The van der Waals surface area contributed by atoms with Gasteiger partial charge >= 0.3 is 0 Å². The minimum absolute atomic E-state index is 0.227. The summed E-state index contributed by atoms with van der Waals surface area (Å²) in [6, 6.07) is 8.15. The largest absolute Gasteiger partial charge is 0.304 e. The predicted octanol–water partition coefficient (Wildman–Crippen LogP) is 2.79. The van der Waals surface area contributed by atoms with Gasteiger partial charge in [-0.1, -0.05) is 37.6 Å². The Labute approximate surface area is 84.1 Å². The number of rotatable bonds is 2. The maximum Gasteiger partial charge on any atom is 0.0585 e. The van der Waals surface area contributed by atoms with Gasteiger partial charge in [0.2, 0.25) is 0 Å². The van der Waals surface area contributed by atoms with Gasteiger partial charge in [0.15, 0.2) is 0 Å². The highest BCUT2D eigenvalue weighted by Crippen LogP contribution is 2.38. The fraction of sp³-hybridized carbons (Fsp3) is 0.455. The minimum atomic E-state index is 0.227. The molecule has 2 heteroatoms. The molecule has 2 rings (SSSR count). The van der Waals surface area contributed by atoms with Crippen LogP contribution in [0.25, 0.3) is 0 Å². The number of hydrogen-bond acceptors (Lipinski definition) is 1. The van der Waals surface area contributed by atoms with E-state index in [0.29, 0.717) is 5.92 Å². The van der Waals surface area contributed by atoms with E-state index in [0.717, 1.165) is 11.6 Å². The van der Waals surface area contributed by atoms with Gasteiger partial charge < -0.3 is 5.32 Å². The fourth-order valence-electron chi connectivity index (χ4n) is 1.79. The van der Waals surface area contributed by atoms with Crippen molar-refractivity contribution in [3.8, 4) is 0 Å². The lowest BCUT2D eigenvalue weighted by atomic mass is 9.88. The van der Waals surface area contributed by atoms with Crippen molar-refractivity contribution >= 4 is 11.6 Å². The molecule has 1 aliphatic heterocycles. The van der Waals surface area contributed by atoms with Crippen LogP contribution in [0.1, 0.15) is 19.4 Å². The predicted molar refractivity (Wildman–Crippen MR) is 56.0 cm³/mol. The molecule has 1 heterocycles. The lowest BCUT2D eigenvalue weighted by Gasteiger charge is -2.18. The van der Waals surface area contributed by atoms with Gasteiger partial charge in [0, 0.05) is 11.6 Å². The van der Waals surface area contributed by atoms with E-state index in [2.05, 4.69) is 31.3 Å². The van der Waals surface area contributed by atoms with Crippen LogP contribution in [-0.2, 0) is 5.54 Å². The van der Waals surface area contributed by atoms with Gasteiger partial charge in [-0.3, -0.25) is 0 Å². The first-order chi connectivity index (χ1) is 6.15. The second-order valence-electron chi connectivity index (χ2n) is 3.99. The molecule has 0 aromatic heterocycles. The molecule has 1 aliphatic rings. The first-order valence-corrected chi connectivity index (χ1v) is 5.04. The third kappa shape index (κ3) is 1.47. The Morgan fingerprint density at radius 2 is 1.85 bits per heavy atom. The highest BCUT2D eigenvalue weighted by Gasteiger charge is 2.46.